The molecule has 4 nitrogen and oxygen atoms in total. The third-order valence-electron chi connectivity index (χ3n) is 6.12. The van der Waals surface area contributed by atoms with Crippen LogP contribution in [0.1, 0.15) is 35.6 Å². The van der Waals surface area contributed by atoms with Crippen molar-refractivity contribution < 1.29 is 19.6 Å². The Labute approximate surface area is 169 Å². The summed E-state index contributed by atoms with van der Waals surface area (Å²) < 4.78 is 6.29. The third kappa shape index (κ3) is 5.65. The maximum Gasteiger partial charge on any atom is 0.126 e. The van der Waals surface area contributed by atoms with Crippen LogP contribution in [0.25, 0.3) is 0 Å². The second-order valence-corrected chi connectivity index (χ2v) is 8.42. The standard InChI is InChI=1S/C24H34N2O2/c1-19-9-7-8-12-23(19)24(20-10-5-4-6-11-20)28-18-22(27)17-26(3)21-13-15-25(2)16-14-21/h4-12,21-22,24,27H,13-18H2,1-3H3/p+2/t22-,24-/m0/s1. The molecule has 0 aromatic heterocycles. The number of rotatable bonds is 8. The first-order valence-electron chi connectivity index (χ1n) is 10.6. The summed E-state index contributed by atoms with van der Waals surface area (Å²) in [7, 11) is 4.48. The van der Waals surface area contributed by atoms with Crippen LogP contribution in [-0.4, -0.2) is 57.6 Å². The lowest BCUT2D eigenvalue weighted by Gasteiger charge is -2.32. The van der Waals surface area contributed by atoms with Gasteiger partial charge in [0.2, 0.25) is 0 Å². The third-order valence-corrected chi connectivity index (χ3v) is 6.12. The van der Waals surface area contributed by atoms with Crippen LogP contribution in [0, 0.1) is 6.92 Å². The Hall–Kier alpha value is -1.72. The molecule has 3 N–H and O–H groups in total. The summed E-state index contributed by atoms with van der Waals surface area (Å²) in [6.07, 6.45) is 1.87. The molecule has 1 unspecified atom stereocenters. The minimum atomic E-state index is -0.456. The number of aliphatic hydroxyl groups is 1. The average molecular weight is 385 g/mol. The summed E-state index contributed by atoms with van der Waals surface area (Å²) in [6.45, 7) is 5.67. The van der Waals surface area contributed by atoms with Crippen molar-refractivity contribution >= 4 is 0 Å². The summed E-state index contributed by atoms with van der Waals surface area (Å²) in [6, 6.07) is 19.3. The van der Waals surface area contributed by atoms with Crippen LogP contribution in [0.3, 0.4) is 0 Å². The lowest BCUT2D eigenvalue weighted by Crippen LogP contribution is -3.18. The first-order chi connectivity index (χ1) is 13.5. The molecule has 1 saturated heterocycles. The molecule has 1 heterocycles. The number of hydrogen-bond acceptors (Lipinski definition) is 2. The van der Waals surface area contributed by atoms with Crippen molar-refractivity contribution in [1.29, 1.82) is 0 Å². The summed E-state index contributed by atoms with van der Waals surface area (Å²) in [4.78, 5) is 3.05. The Bertz CT molecular complexity index is 714. The van der Waals surface area contributed by atoms with Gasteiger partial charge in [0.15, 0.2) is 0 Å². The van der Waals surface area contributed by atoms with Crippen molar-refractivity contribution in [3.05, 3.63) is 71.3 Å². The van der Waals surface area contributed by atoms with Gasteiger partial charge in [-0.05, 0) is 23.6 Å². The molecule has 3 rings (SSSR count). The van der Waals surface area contributed by atoms with Gasteiger partial charge < -0.3 is 19.6 Å². The average Bonchev–Trinajstić information content (AvgIpc) is 2.70. The van der Waals surface area contributed by atoms with Gasteiger partial charge in [0, 0.05) is 12.8 Å². The molecular formula is C24H36N2O2+2. The predicted octanol–water partition coefficient (Wildman–Crippen LogP) is 0.654. The molecule has 1 aliphatic heterocycles. The van der Waals surface area contributed by atoms with Crippen LogP contribution >= 0.6 is 0 Å². The minimum Gasteiger partial charge on any atom is -0.385 e. The molecule has 152 valence electrons. The zero-order valence-electron chi connectivity index (χ0n) is 17.5. The van der Waals surface area contributed by atoms with Gasteiger partial charge in [-0.25, -0.2) is 0 Å². The molecular weight excluding hydrogens is 348 g/mol. The number of hydrogen-bond donors (Lipinski definition) is 3. The minimum absolute atomic E-state index is 0.149. The molecule has 2 aromatic rings. The summed E-state index contributed by atoms with van der Waals surface area (Å²) >= 11 is 0. The quantitative estimate of drug-likeness (QED) is 0.625. The number of ether oxygens (including phenoxy) is 1. The highest BCUT2D eigenvalue weighted by Crippen LogP contribution is 2.28. The predicted molar refractivity (Wildman–Crippen MR) is 113 cm³/mol. The highest BCUT2D eigenvalue weighted by Gasteiger charge is 2.28. The van der Waals surface area contributed by atoms with Gasteiger partial charge in [0.1, 0.15) is 18.8 Å². The van der Waals surface area contributed by atoms with Crippen molar-refractivity contribution in [3.8, 4) is 0 Å². The van der Waals surface area contributed by atoms with E-state index in [0.29, 0.717) is 12.6 Å². The molecule has 4 heteroatoms. The van der Waals surface area contributed by atoms with Gasteiger partial charge in [0.25, 0.3) is 0 Å². The topological polar surface area (TPSA) is 38.3 Å². The van der Waals surface area contributed by atoms with Gasteiger partial charge in [-0.3, -0.25) is 0 Å². The van der Waals surface area contributed by atoms with E-state index in [0.717, 1.165) is 12.1 Å². The van der Waals surface area contributed by atoms with E-state index >= 15 is 0 Å². The molecule has 0 spiro atoms. The number of likely N-dealkylation sites (N-methyl/N-ethyl adjacent to an activating group) is 1. The monoisotopic (exact) mass is 384 g/mol. The number of aliphatic hydroxyl groups excluding tert-OH is 1. The van der Waals surface area contributed by atoms with Crippen molar-refractivity contribution in [2.75, 3.05) is 40.3 Å². The Balaban J connectivity index is 1.61. The van der Waals surface area contributed by atoms with E-state index in [4.69, 9.17) is 4.74 Å². The summed E-state index contributed by atoms with van der Waals surface area (Å²) in [5.41, 5.74) is 3.50. The van der Waals surface area contributed by atoms with Gasteiger partial charge in [-0.2, -0.15) is 0 Å². The first kappa shape index (κ1) is 21.0. The Morgan fingerprint density at radius 2 is 1.71 bits per heavy atom. The van der Waals surface area contributed by atoms with Crippen LogP contribution in [0.5, 0.6) is 0 Å². The maximum absolute atomic E-state index is 10.7. The fourth-order valence-electron chi connectivity index (χ4n) is 4.28. The highest BCUT2D eigenvalue weighted by atomic mass is 16.5. The second-order valence-electron chi connectivity index (χ2n) is 8.42. The zero-order valence-corrected chi connectivity index (χ0v) is 17.5. The molecule has 0 saturated carbocycles. The van der Waals surface area contributed by atoms with Gasteiger partial charge in [-0.1, -0.05) is 54.6 Å². The van der Waals surface area contributed by atoms with Gasteiger partial charge >= 0.3 is 0 Å². The second kappa shape index (κ2) is 10.2. The lowest BCUT2D eigenvalue weighted by atomic mass is 9.97. The van der Waals surface area contributed by atoms with E-state index in [1.807, 2.05) is 18.2 Å². The van der Waals surface area contributed by atoms with E-state index in [9.17, 15) is 5.11 Å². The Morgan fingerprint density at radius 3 is 2.39 bits per heavy atom. The number of quaternary nitrogens is 2. The van der Waals surface area contributed by atoms with Crippen LogP contribution in [0.4, 0.5) is 0 Å². The highest BCUT2D eigenvalue weighted by molar-refractivity contribution is 5.35. The molecule has 28 heavy (non-hydrogen) atoms. The van der Waals surface area contributed by atoms with Crippen LogP contribution in [-0.2, 0) is 4.74 Å². The summed E-state index contributed by atoms with van der Waals surface area (Å²) in [5.74, 6) is 0. The van der Waals surface area contributed by atoms with Crippen LogP contribution < -0.4 is 9.80 Å². The number of piperidine rings is 1. The number of nitrogens with one attached hydrogen (secondary N) is 2. The van der Waals surface area contributed by atoms with E-state index < -0.39 is 6.10 Å². The number of benzene rings is 2. The smallest absolute Gasteiger partial charge is 0.126 e. The van der Waals surface area contributed by atoms with Crippen molar-refractivity contribution in [1.82, 2.24) is 0 Å². The SMILES string of the molecule is Cc1ccccc1[C@@H](OC[C@@H](O)C[NH+](C)C1CC[NH+](C)CC1)c1ccccc1. The molecule has 1 fully saturated rings. The van der Waals surface area contributed by atoms with Gasteiger partial charge in [-0.15, -0.1) is 0 Å². The van der Waals surface area contributed by atoms with Crippen molar-refractivity contribution in [3.63, 3.8) is 0 Å². The summed E-state index contributed by atoms with van der Waals surface area (Å²) in [5, 5.41) is 10.7. The fraction of sp³-hybridized carbons (Fsp3) is 0.500. The van der Waals surface area contributed by atoms with E-state index in [1.54, 1.807) is 4.90 Å². The normalized spacial score (nSPS) is 23.1. The Kier molecular flexibility index (Phi) is 7.63. The van der Waals surface area contributed by atoms with E-state index in [2.05, 4.69) is 57.4 Å². The maximum atomic E-state index is 10.7. The fourth-order valence-corrected chi connectivity index (χ4v) is 4.28. The molecule has 0 aliphatic carbocycles. The molecule has 3 atom stereocenters. The van der Waals surface area contributed by atoms with Crippen LogP contribution in [0.2, 0.25) is 0 Å². The molecule has 1 aliphatic rings. The van der Waals surface area contributed by atoms with Gasteiger partial charge in [0.05, 0.1) is 39.8 Å². The van der Waals surface area contributed by atoms with Crippen molar-refractivity contribution in [2.45, 2.75) is 38.0 Å². The lowest BCUT2D eigenvalue weighted by molar-refractivity contribution is -0.941. The van der Waals surface area contributed by atoms with Crippen molar-refractivity contribution in [2.24, 2.45) is 0 Å². The largest absolute Gasteiger partial charge is 0.385 e. The Morgan fingerprint density at radius 1 is 1.07 bits per heavy atom. The molecule has 0 radical (unpaired) electrons. The molecule has 2 aromatic carbocycles. The molecule has 0 bridgehead atoms. The van der Waals surface area contributed by atoms with E-state index in [1.165, 1.54) is 42.0 Å². The van der Waals surface area contributed by atoms with Crippen LogP contribution in [0.15, 0.2) is 54.6 Å². The molecule has 0 amide bonds. The van der Waals surface area contributed by atoms with E-state index in [-0.39, 0.29) is 6.10 Å². The zero-order chi connectivity index (χ0) is 19.9. The number of likely N-dealkylation sites (tertiary alicyclic amines) is 1. The first-order valence-corrected chi connectivity index (χ1v) is 10.6. The number of aryl methyl sites for hydroxylation is 1.